The van der Waals surface area contributed by atoms with Gasteiger partial charge in [-0.15, -0.1) is 0 Å². The molecule has 0 unspecified atom stereocenters. The maximum Gasteiger partial charge on any atom is 0.416 e. The highest BCUT2D eigenvalue weighted by molar-refractivity contribution is 5.92. The van der Waals surface area contributed by atoms with Gasteiger partial charge in [-0.1, -0.05) is 49.7 Å². The lowest BCUT2D eigenvalue weighted by atomic mass is 9.93. The minimum absolute atomic E-state index is 0.0824. The summed E-state index contributed by atoms with van der Waals surface area (Å²) in [6.07, 6.45) is 3.16. The smallest absolute Gasteiger partial charge is 0.416 e. The number of aryl methyl sites for hydroxylation is 1. The number of hydrogen-bond acceptors (Lipinski definition) is 4. The van der Waals surface area contributed by atoms with Crippen LogP contribution in [0.15, 0.2) is 30.3 Å². The lowest BCUT2D eigenvalue weighted by Gasteiger charge is -2.22. The van der Waals surface area contributed by atoms with E-state index in [1.54, 1.807) is 0 Å². The summed E-state index contributed by atoms with van der Waals surface area (Å²) in [7, 11) is 0. The van der Waals surface area contributed by atoms with Crippen molar-refractivity contribution in [3.05, 3.63) is 35.9 Å². The molecule has 0 atom stereocenters. The van der Waals surface area contributed by atoms with E-state index in [9.17, 15) is 9.59 Å². The van der Waals surface area contributed by atoms with Crippen LogP contribution in [0.3, 0.4) is 0 Å². The topological polar surface area (TPSA) is 58.6 Å². The van der Waals surface area contributed by atoms with Gasteiger partial charge in [-0.3, -0.25) is 4.79 Å². The van der Waals surface area contributed by atoms with Crippen LogP contribution in [-0.2, 0) is 9.53 Å². The van der Waals surface area contributed by atoms with Crippen LogP contribution in [0.25, 0.3) is 0 Å². The minimum atomic E-state index is -0.477. The summed E-state index contributed by atoms with van der Waals surface area (Å²) in [5.74, 6) is 0.546. The Kier molecular flexibility index (Phi) is 10.6. The second-order valence-corrected chi connectivity index (χ2v) is 6.05. The van der Waals surface area contributed by atoms with E-state index in [1.165, 1.54) is 10.5 Å². The molecule has 2 heterocycles. The van der Waals surface area contributed by atoms with Gasteiger partial charge in [-0.2, -0.15) is 0 Å². The molecule has 1 N–H and O–H groups in total. The molecule has 2 saturated heterocycles. The van der Waals surface area contributed by atoms with Crippen LogP contribution in [0.5, 0.6) is 0 Å². The van der Waals surface area contributed by atoms with Crippen molar-refractivity contribution in [2.75, 3.05) is 26.2 Å². The van der Waals surface area contributed by atoms with Crippen molar-refractivity contribution in [1.82, 2.24) is 10.2 Å². The van der Waals surface area contributed by atoms with E-state index < -0.39 is 6.09 Å². The first kappa shape index (κ1) is 21.2. The monoisotopic (exact) mass is 348 g/mol. The summed E-state index contributed by atoms with van der Waals surface area (Å²) in [4.78, 5) is 24.1. The molecule has 0 saturated carbocycles. The van der Waals surface area contributed by atoms with Gasteiger partial charge in [0.05, 0.1) is 6.54 Å². The second kappa shape index (κ2) is 12.5. The Balaban J connectivity index is 0.000000290. The third kappa shape index (κ3) is 8.16. The Morgan fingerprint density at radius 3 is 2.32 bits per heavy atom. The zero-order chi connectivity index (χ0) is 18.5. The number of benzene rings is 1. The normalized spacial score (nSPS) is 16.9. The lowest BCUT2D eigenvalue weighted by Crippen LogP contribution is -2.33. The molecule has 5 nitrogen and oxygen atoms in total. The number of piperidine rings is 1. The molecule has 1 aromatic carbocycles. The summed E-state index contributed by atoms with van der Waals surface area (Å²) in [5, 5.41) is 3.30. The molecule has 2 aliphatic heterocycles. The Morgan fingerprint density at radius 1 is 1.20 bits per heavy atom. The average Bonchev–Trinajstić information content (AvgIpc) is 3.09. The van der Waals surface area contributed by atoms with Crippen LogP contribution in [-0.4, -0.2) is 43.1 Å². The zero-order valence-corrected chi connectivity index (χ0v) is 15.8. The fraction of sp³-hybridized carbons (Fsp3) is 0.600. The van der Waals surface area contributed by atoms with E-state index in [4.69, 9.17) is 4.74 Å². The number of carbonyl (C=O) groups is 2. The Hall–Kier alpha value is -1.88. The second-order valence-electron chi connectivity index (χ2n) is 6.05. The van der Waals surface area contributed by atoms with Gasteiger partial charge in [-0.25, -0.2) is 9.69 Å². The highest BCUT2D eigenvalue weighted by Crippen LogP contribution is 2.19. The summed E-state index contributed by atoms with van der Waals surface area (Å²) in [6, 6.07) is 10.3. The van der Waals surface area contributed by atoms with Crippen LogP contribution in [0.1, 0.15) is 45.1 Å². The van der Waals surface area contributed by atoms with Gasteiger partial charge in [0.25, 0.3) is 0 Å². The molecule has 0 bridgehead atoms. The molecule has 0 radical (unpaired) electrons. The lowest BCUT2D eigenvalue weighted by molar-refractivity contribution is -0.128. The SMILES string of the molecule is CC.Cc1ccccc1.O=C(CCC1CCNCC1)N1CCOC1=O. The van der Waals surface area contributed by atoms with Crippen LogP contribution >= 0.6 is 0 Å². The van der Waals surface area contributed by atoms with Gasteiger partial charge >= 0.3 is 6.09 Å². The molecule has 0 spiro atoms. The summed E-state index contributed by atoms with van der Waals surface area (Å²) in [6.45, 7) is 8.94. The number of ether oxygens (including phenoxy) is 1. The molecule has 0 aliphatic carbocycles. The molecular weight excluding hydrogens is 316 g/mol. The highest BCUT2D eigenvalue weighted by Gasteiger charge is 2.28. The van der Waals surface area contributed by atoms with Crippen LogP contribution < -0.4 is 5.32 Å². The first-order valence-electron chi connectivity index (χ1n) is 9.36. The standard InChI is InChI=1S/C11H18N2O3.C7H8.C2H6/c14-10(13-7-8-16-11(13)15)2-1-9-3-5-12-6-4-9;1-7-5-3-2-4-6-7;1-2/h9,12H,1-8H2;2-6H,1H3;1-2H3. The largest absolute Gasteiger partial charge is 0.447 e. The van der Waals surface area contributed by atoms with Gasteiger partial charge in [-0.05, 0) is 45.2 Å². The quantitative estimate of drug-likeness (QED) is 0.903. The molecule has 2 fully saturated rings. The molecule has 1 aromatic rings. The summed E-state index contributed by atoms with van der Waals surface area (Å²) in [5.41, 5.74) is 1.32. The predicted molar refractivity (Wildman–Crippen MR) is 100 cm³/mol. The minimum Gasteiger partial charge on any atom is -0.447 e. The van der Waals surface area contributed by atoms with Crippen LogP contribution in [0.2, 0.25) is 0 Å². The Morgan fingerprint density at radius 2 is 1.84 bits per heavy atom. The number of hydrogen-bond donors (Lipinski definition) is 1. The predicted octanol–water partition coefficient (Wildman–Crippen LogP) is 3.77. The number of nitrogens with one attached hydrogen (secondary N) is 1. The summed E-state index contributed by atoms with van der Waals surface area (Å²) < 4.78 is 4.73. The fourth-order valence-electron chi connectivity index (χ4n) is 2.79. The van der Waals surface area contributed by atoms with Crippen molar-refractivity contribution in [3.8, 4) is 0 Å². The van der Waals surface area contributed by atoms with Crippen LogP contribution in [0.4, 0.5) is 4.79 Å². The molecule has 25 heavy (non-hydrogen) atoms. The van der Waals surface area contributed by atoms with E-state index in [2.05, 4.69) is 24.4 Å². The van der Waals surface area contributed by atoms with Gasteiger partial charge < -0.3 is 10.1 Å². The average molecular weight is 348 g/mol. The number of carbonyl (C=O) groups excluding carboxylic acids is 2. The van der Waals surface area contributed by atoms with Crippen molar-refractivity contribution < 1.29 is 14.3 Å². The van der Waals surface area contributed by atoms with Gasteiger partial charge in [0, 0.05) is 6.42 Å². The maximum absolute atomic E-state index is 11.7. The van der Waals surface area contributed by atoms with E-state index in [0.29, 0.717) is 25.5 Å². The Bertz CT molecular complexity index is 499. The number of amides is 2. The van der Waals surface area contributed by atoms with Gasteiger partial charge in [0.15, 0.2) is 0 Å². The first-order chi connectivity index (χ1) is 12.2. The van der Waals surface area contributed by atoms with Crippen molar-refractivity contribution in [2.45, 2.75) is 46.5 Å². The van der Waals surface area contributed by atoms with Crippen LogP contribution in [0, 0.1) is 12.8 Å². The van der Waals surface area contributed by atoms with Gasteiger partial charge in [0.1, 0.15) is 6.61 Å². The van der Waals surface area contributed by atoms with E-state index in [1.807, 2.05) is 32.0 Å². The number of cyclic esters (lactones) is 1. The number of nitrogens with zero attached hydrogens (tertiary/aromatic N) is 1. The number of imide groups is 1. The van der Waals surface area contributed by atoms with E-state index >= 15 is 0 Å². The van der Waals surface area contributed by atoms with Crippen molar-refractivity contribution in [2.24, 2.45) is 5.92 Å². The summed E-state index contributed by atoms with van der Waals surface area (Å²) >= 11 is 0. The van der Waals surface area contributed by atoms with Crippen molar-refractivity contribution >= 4 is 12.0 Å². The Labute approximate surface area is 151 Å². The zero-order valence-electron chi connectivity index (χ0n) is 15.8. The van der Waals surface area contributed by atoms with Crippen molar-refractivity contribution in [3.63, 3.8) is 0 Å². The van der Waals surface area contributed by atoms with E-state index in [-0.39, 0.29) is 5.91 Å². The molecule has 2 aliphatic rings. The third-order valence-corrected chi connectivity index (χ3v) is 4.23. The molecule has 140 valence electrons. The molecular formula is C20H32N2O3. The fourth-order valence-corrected chi connectivity index (χ4v) is 2.79. The molecule has 3 rings (SSSR count). The first-order valence-corrected chi connectivity index (χ1v) is 9.36. The highest BCUT2D eigenvalue weighted by atomic mass is 16.6. The number of rotatable bonds is 3. The van der Waals surface area contributed by atoms with Gasteiger partial charge in [0.2, 0.25) is 5.91 Å². The third-order valence-electron chi connectivity index (χ3n) is 4.23. The molecule has 5 heteroatoms. The molecule has 0 aromatic heterocycles. The van der Waals surface area contributed by atoms with Crippen molar-refractivity contribution in [1.29, 1.82) is 0 Å². The van der Waals surface area contributed by atoms with E-state index in [0.717, 1.165) is 32.4 Å². The molecule has 2 amide bonds. The maximum atomic E-state index is 11.7.